The highest BCUT2D eigenvalue weighted by atomic mass is 16.5. The van der Waals surface area contributed by atoms with Gasteiger partial charge in [0.05, 0.1) is 6.61 Å². The molecule has 0 aromatic carbocycles. The zero-order valence-electron chi connectivity index (χ0n) is 5.87. The Morgan fingerprint density at radius 1 is 1.55 bits per heavy atom. The molecule has 0 aliphatic carbocycles. The van der Waals surface area contributed by atoms with Crippen molar-refractivity contribution in [2.75, 3.05) is 6.61 Å². The van der Waals surface area contributed by atoms with Crippen LogP contribution in [0.3, 0.4) is 0 Å². The number of hydrogen-bond donors (Lipinski definition) is 0. The SMILES string of the molecule is N#Cc1cncc2c1OCC2. The van der Waals surface area contributed by atoms with Gasteiger partial charge in [0.2, 0.25) is 0 Å². The zero-order chi connectivity index (χ0) is 7.68. The van der Waals surface area contributed by atoms with Gasteiger partial charge in [-0.2, -0.15) is 5.26 Å². The van der Waals surface area contributed by atoms with Crippen LogP contribution in [0.15, 0.2) is 12.4 Å². The summed E-state index contributed by atoms with van der Waals surface area (Å²) in [5.74, 6) is 0.725. The molecule has 1 aromatic heterocycles. The molecule has 0 saturated heterocycles. The Kier molecular flexibility index (Phi) is 1.26. The number of ether oxygens (including phenoxy) is 1. The Morgan fingerprint density at radius 2 is 2.45 bits per heavy atom. The predicted molar refractivity (Wildman–Crippen MR) is 38.2 cm³/mol. The lowest BCUT2D eigenvalue weighted by atomic mass is 10.2. The minimum atomic E-state index is 0.542. The molecule has 3 nitrogen and oxygen atoms in total. The molecule has 0 radical (unpaired) electrons. The Bertz CT molecular complexity index is 327. The van der Waals surface area contributed by atoms with E-state index in [1.165, 1.54) is 6.20 Å². The minimum Gasteiger partial charge on any atom is -0.491 e. The average Bonchev–Trinajstić information content (AvgIpc) is 2.50. The number of fused-ring (bicyclic) bond motifs is 1. The minimum absolute atomic E-state index is 0.542. The first-order chi connectivity index (χ1) is 5.42. The van der Waals surface area contributed by atoms with Crippen molar-refractivity contribution in [2.24, 2.45) is 0 Å². The number of rotatable bonds is 0. The normalized spacial score (nSPS) is 13.4. The van der Waals surface area contributed by atoms with Gasteiger partial charge in [0.15, 0.2) is 0 Å². The third-order valence-electron chi connectivity index (χ3n) is 1.71. The third-order valence-corrected chi connectivity index (χ3v) is 1.71. The first-order valence-electron chi connectivity index (χ1n) is 3.41. The number of pyridine rings is 1. The van der Waals surface area contributed by atoms with Gasteiger partial charge in [0.1, 0.15) is 17.4 Å². The summed E-state index contributed by atoms with van der Waals surface area (Å²) in [5.41, 5.74) is 1.59. The molecule has 1 aliphatic rings. The standard InChI is InChI=1S/C8H6N2O/c9-3-7-5-10-4-6-1-2-11-8(6)7/h4-5H,1-2H2. The second-order valence-corrected chi connectivity index (χ2v) is 2.39. The largest absolute Gasteiger partial charge is 0.491 e. The van der Waals surface area contributed by atoms with Gasteiger partial charge in [-0.15, -0.1) is 0 Å². The van der Waals surface area contributed by atoms with E-state index in [0.29, 0.717) is 12.2 Å². The van der Waals surface area contributed by atoms with Crippen LogP contribution in [0, 0.1) is 11.3 Å². The summed E-state index contributed by atoms with van der Waals surface area (Å²) in [5, 5.41) is 8.63. The molecule has 11 heavy (non-hydrogen) atoms. The smallest absolute Gasteiger partial charge is 0.143 e. The van der Waals surface area contributed by atoms with Crippen LogP contribution in [0.25, 0.3) is 0 Å². The Labute approximate surface area is 64.2 Å². The number of aromatic nitrogens is 1. The lowest BCUT2D eigenvalue weighted by Gasteiger charge is -1.97. The van der Waals surface area contributed by atoms with Crippen molar-refractivity contribution in [1.82, 2.24) is 4.98 Å². The van der Waals surface area contributed by atoms with E-state index in [1.807, 2.05) is 6.07 Å². The van der Waals surface area contributed by atoms with E-state index < -0.39 is 0 Å². The van der Waals surface area contributed by atoms with Gasteiger partial charge in [-0.05, 0) is 0 Å². The summed E-state index contributed by atoms with van der Waals surface area (Å²) in [6, 6.07) is 2.04. The Hall–Kier alpha value is -1.56. The fourth-order valence-electron chi connectivity index (χ4n) is 1.18. The average molecular weight is 146 g/mol. The maximum atomic E-state index is 8.63. The Morgan fingerprint density at radius 3 is 3.27 bits per heavy atom. The highest BCUT2D eigenvalue weighted by Gasteiger charge is 2.15. The number of nitriles is 1. The summed E-state index contributed by atoms with van der Waals surface area (Å²) in [4.78, 5) is 3.92. The van der Waals surface area contributed by atoms with Crippen molar-refractivity contribution in [3.05, 3.63) is 23.5 Å². The lowest BCUT2D eigenvalue weighted by molar-refractivity contribution is 0.356. The van der Waals surface area contributed by atoms with Crippen LogP contribution in [0.4, 0.5) is 0 Å². The van der Waals surface area contributed by atoms with Crippen LogP contribution in [-0.4, -0.2) is 11.6 Å². The third kappa shape index (κ3) is 0.838. The van der Waals surface area contributed by atoms with Crippen LogP contribution < -0.4 is 4.74 Å². The monoisotopic (exact) mass is 146 g/mol. The molecule has 0 unspecified atom stereocenters. The van der Waals surface area contributed by atoms with Crippen molar-refractivity contribution in [2.45, 2.75) is 6.42 Å². The predicted octanol–water partition coefficient (Wildman–Crippen LogP) is 0.888. The van der Waals surface area contributed by atoms with Crippen LogP contribution in [0.2, 0.25) is 0 Å². The van der Waals surface area contributed by atoms with Gasteiger partial charge in [0, 0.05) is 24.4 Å². The van der Waals surface area contributed by atoms with E-state index in [-0.39, 0.29) is 0 Å². The molecular formula is C8H6N2O. The van der Waals surface area contributed by atoms with E-state index >= 15 is 0 Å². The number of nitrogens with zero attached hydrogens (tertiary/aromatic N) is 2. The first kappa shape index (κ1) is 6.17. The summed E-state index contributed by atoms with van der Waals surface area (Å²) in [6.45, 7) is 0.676. The van der Waals surface area contributed by atoms with Crippen LogP contribution >= 0.6 is 0 Å². The van der Waals surface area contributed by atoms with Gasteiger partial charge in [-0.1, -0.05) is 0 Å². The van der Waals surface area contributed by atoms with Crippen LogP contribution in [0.1, 0.15) is 11.1 Å². The van der Waals surface area contributed by atoms with Crippen molar-refractivity contribution < 1.29 is 4.74 Å². The lowest BCUT2D eigenvalue weighted by Crippen LogP contribution is -1.88. The molecule has 0 bridgehead atoms. The quantitative estimate of drug-likeness (QED) is 0.546. The van der Waals surface area contributed by atoms with Gasteiger partial charge in [-0.3, -0.25) is 4.98 Å². The van der Waals surface area contributed by atoms with E-state index in [0.717, 1.165) is 17.7 Å². The molecule has 1 aliphatic heterocycles. The van der Waals surface area contributed by atoms with Gasteiger partial charge >= 0.3 is 0 Å². The van der Waals surface area contributed by atoms with E-state index in [1.54, 1.807) is 6.20 Å². The molecule has 0 saturated carbocycles. The highest BCUT2D eigenvalue weighted by molar-refractivity contribution is 5.47. The fourth-order valence-corrected chi connectivity index (χ4v) is 1.18. The maximum absolute atomic E-state index is 8.63. The van der Waals surface area contributed by atoms with Crippen molar-refractivity contribution in [3.63, 3.8) is 0 Å². The van der Waals surface area contributed by atoms with Gasteiger partial charge in [0.25, 0.3) is 0 Å². The van der Waals surface area contributed by atoms with Crippen molar-refractivity contribution in [1.29, 1.82) is 5.26 Å². The molecule has 0 spiro atoms. The topological polar surface area (TPSA) is 45.9 Å². The molecule has 3 heteroatoms. The van der Waals surface area contributed by atoms with Gasteiger partial charge < -0.3 is 4.74 Å². The molecule has 54 valence electrons. The van der Waals surface area contributed by atoms with E-state index in [4.69, 9.17) is 10.00 Å². The highest BCUT2D eigenvalue weighted by Crippen LogP contribution is 2.27. The van der Waals surface area contributed by atoms with E-state index in [2.05, 4.69) is 4.98 Å². The molecule has 0 amide bonds. The van der Waals surface area contributed by atoms with Crippen LogP contribution in [0.5, 0.6) is 5.75 Å². The molecule has 0 atom stereocenters. The van der Waals surface area contributed by atoms with Crippen molar-refractivity contribution in [3.8, 4) is 11.8 Å². The summed E-state index contributed by atoms with van der Waals surface area (Å²) in [6.07, 6.45) is 4.16. The van der Waals surface area contributed by atoms with Crippen molar-refractivity contribution >= 4 is 0 Å². The molecular weight excluding hydrogens is 140 g/mol. The second-order valence-electron chi connectivity index (χ2n) is 2.39. The number of hydrogen-bond acceptors (Lipinski definition) is 3. The first-order valence-corrected chi connectivity index (χ1v) is 3.41. The summed E-state index contributed by atoms with van der Waals surface area (Å²) >= 11 is 0. The molecule has 2 heterocycles. The molecule has 0 N–H and O–H groups in total. The molecule has 2 rings (SSSR count). The van der Waals surface area contributed by atoms with E-state index in [9.17, 15) is 0 Å². The zero-order valence-corrected chi connectivity index (χ0v) is 5.87. The summed E-state index contributed by atoms with van der Waals surface area (Å²) in [7, 11) is 0. The fraction of sp³-hybridized carbons (Fsp3) is 0.250. The summed E-state index contributed by atoms with van der Waals surface area (Å²) < 4.78 is 5.26. The molecule has 1 aromatic rings. The second kappa shape index (κ2) is 2.24. The Balaban J connectivity index is 2.61. The van der Waals surface area contributed by atoms with Crippen LogP contribution in [-0.2, 0) is 6.42 Å². The van der Waals surface area contributed by atoms with Gasteiger partial charge in [-0.25, -0.2) is 0 Å². The maximum Gasteiger partial charge on any atom is 0.143 e. The molecule has 0 fully saturated rings.